The summed E-state index contributed by atoms with van der Waals surface area (Å²) in [5.41, 5.74) is 6.94. The lowest BCUT2D eigenvalue weighted by Gasteiger charge is -2.08. The van der Waals surface area contributed by atoms with Crippen LogP contribution >= 0.6 is 11.6 Å². The number of methoxy groups -OCH3 is 1. The van der Waals surface area contributed by atoms with Crippen molar-refractivity contribution in [2.75, 3.05) is 12.4 Å². The maximum absolute atomic E-state index is 6.03. The van der Waals surface area contributed by atoms with Crippen LogP contribution in [0.25, 0.3) is 0 Å². The fourth-order valence-corrected chi connectivity index (χ4v) is 2.01. The summed E-state index contributed by atoms with van der Waals surface area (Å²) in [6.07, 6.45) is 1.08. The highest BCUT2D eigenvalue weighted by molar-refractivity contribution is 6.32. The third-order valence-corrected chi connectivity index (χ3v) is 3.48. The number of nitrogens with zero attached hydrogens (tertiary/aromatic N) is 1. The molecule has 1 saturated carbocycles. The SMILES string of the molecule is COc1ccc(NC(N)=N[C@H]2CC2(C)C)cc1Cl. The van der Waals surface area contributed by atoms with Gasteiger partial charge in [0.1, 0.15) is 5.75 Å². The van der Waals surface area contributed by atoms with Crippen LogP contribution in [-0.4, -0.2) is 19.1 Å². The molecule has 98 valence electrons. The molecule has 1 aliphatic carbocycles. The first-order chi connectivity index (χ1) is 8.42. The number of guanidine groups is 1. The molecule has 0 bridgehead atoms. The molecule has 5 heteroatoms. The van der Waals surface area contributed by atoms with Crippen LogP contribution in [0.1, 0.15) is 20.3 Å². The number of rotatable bonds is 3. The average Bonchev–Trinajstić information content (AvgIpc) is 2.85. The van der Waals surface area contributed by atoms with Gasteiger partial charge in [0.25, 0.3) is 0 Å². The van der Waals surface area contributed by atoms with E-state index in [2.05, 4.69) is 24.2 Å². The van der Waals surface area contributed by atoms with Crippen molar-refractivity contribution >= 4 is 23.2 Å². The number of anilines is 1. The Morgan fingerprint density at radius 1 is 1.56 bits per heavy atom. The summed E-state index contributed by atoms with van der Waals surface area (Å²) in [6.45, 7) is 4.36. The Hall–Kier alpha value is -1.42. The zero-order valence-electron chi connectivity index (χ0n) is 10.8. The van der Waals surface area contributed by atoms with E-state index in [1.54, 1.807) is 19.2 Å². The van der Waals surface area contributed by atoms with E-state index in [4.69, 9.17) is 22.1 Å². The Balaban J connectivity index is 2.03. The lowest BCUT2D eigenvalue weighted by Crippen LogP contribution is -2.23. The molecule has 0 aliphatic heterocycles. The maximum Gasteiger partial charge on any atom is 0.193 e. The molecule has 0 heterocycles. The zero-order chi connectivity index (χ0) is 13.3. The quantitative estimate of drug-likeness (QED) is 0.654. The molecule has 3 N–H and O–H groups in total. The van der Waals surface area contributed by atoms with Crippen molar-refractivity contribution in [2.45, 2.75) is 26.3 Å². The van der Waals surface area contributed by atoms with Crippen LogP contribution in [0.2, 0.25) is 5.02 Å². The van der Waals surface area contributed by atoms with Gasteiger partial charge in [-0.25, -0.2) is 4.99 Å². The molecule has 0 unspecified atom stereocenters. The second kappa shape index (κ2) is 4.69. The van der Waals surface area contributed by atoms with E-state index in [-0.39, 0.29) is 5.41 Å². The normalized spacial score (nSPS) is 21.6. The second-order valence-corrected chi connectivity index (χ2v) is 5.60. The van der Waals surface area contributed by atoms with Crippen molar-refractivity contribution in [3.63, 3.8) is 0 Å². The van der Waals surface area contributed by atoms with Crippen LogP contribution in [0.15, 0.2) is 23.2 Å². The molecular formula is C13H18ClN3O. The highest BCUT2D eigenvalue weighted by Gasteiger charge is 2.45. The third-order valence-electron chi connectivity index (χ3n) is 3.18. The van der Waals surface area contributed by atoms with Gasteiger partial charge in [0.15, 0.2) is 5.96 Å². The van der Waals surface area contributed by atoms with E-state index in [1.807, 2.05) is 6.07 Å². The molecule has 1 atom stereocenters. The number of hydrogen-bond donors (Lipinski definition) is 2. The van der Waals surface area contributed by atoms with Crippen LogP contribution in [0, 0.1) is 5.41 Å². The van der Waals surface area contributed by atoms with Crippen molar-refractivity contribution in [1.82, 2.24) is 0 Å². The molecule has 0 saturated heterocycles. The standard InChI is InChI=1S/C13H18ClN3O/c1-13(2)7-11(13)17-12(15)16-8-4-5-10(18-3)9(14)6-8/h4-6,11H,7H2,1-3H3,(H3,15,16,17)/t11-/m0/s1. The minimum Gasteiger partial charge on any atom is -0.495 e. The number of halogens is 1. The number of nitrogens with one attached hydrogen (secondary N) is 1. The highest BCUT2D eigenvalue weighted by atomic mass is 35.5. The van der Waals surface area contributed by atoms with E-state index < -0.39 is 0 Å². The molecule has 4 nitrogen and oxygen atoms in total. The Morgan fingerprint density at radius 2 is 2.22 bits per heavy atom. The fourth-order valence-electron chi connectivity index (χ4n) is 1.75. The summed E-state index contributed by atoms with van der Waals surface area (Å²) >= 11 is 6.03. The molecule has 1 fully saturated rings. The second-order valence-electron chi connectivity index (χ2n) is 5.20. The maximum atomic E-state index is 6.03. The molecule has 0 aromatic heterocycles. The number of ether oxygens (including phenoxy) is 1. The summed E-state index contributed by atoms with van der Waals surface area (Å²) in [4.78, 5) is 4.42. The van der Waals surface area contributed by atoms with E-state index in [0.717, 1.165) is 12.1 Å². The summed E-state index contributed by atoms with van der Waals surface area (Å²) in [5, 5.41) is 3.57. The van der Waals surface area contributed by atoms with E-state index in [9.17, 15) is 0 Å². The third kappa shape index (κ3) is 2.88. The first kappa shape index (κ1) is 13.0. The number of hydrogen-bond acceptors (Lipinski definition) is 2. The van der Waals surface area contributed by atoms with E-state index in [1.165, 1.54) is 0 Å². The van der Waals surface area contributed by atoms with Gasteiger partial charge in [-0.05, 0) is 30.0 Å². The topological polar surface area (TPSA) is 59.6 Å². The van der Waals surface area contributed by atoms with Crippen LogP contribution in [-0.2, 0) is 0 Å². The highest BCUT2D eigenvalue weighted by Crippen LogP contribution is 2.47. The molecule has 2 rings (SSSR count). The Bertz CT molecular complexity index is 485. The first-order valence-electron chi connectivity index (χ1n) is 5.86. The monoisotopic (exact) mass is 267 g/mol. The molecular weight excluding hydrogens is 250 g/mol. The average molecular weight is 268 g/mol. The molecule has 18 heavy (non-hydrogen) atoms. The van der Waals surface area contributed by atoms with Gasteiger partial charge in [-0.3, -0.25) is 0 Å². The molecule has 0 radical (unpaired) electrons. The number of nitrogens with two attached hydrogens (primary N) is 1. The van der Waals surface area contributed by atoms with Gasteiger partial charge < -0.3 is 15.8 Å². The fraction of sp³-hybridized carbons (Fsp3) is 0.462. The van der Waals surface area contributed by atoms with Gasteiger partial charge in [-0.15, -0.1) is 0 Å². The Labute approximate surface area is 112 Å². The summed E-state index contributed by atoms with van der Waals surface area (Å²) in [7, 11) is 1.58. The lowest BCUT2D eigenvalue weighted by molar-refractivity contribution is 0.415. The van der Waals surface area contributed by atoms with Crippen LogP contribution < -0.4 is 15.8 Å². The molecule has 1 aliphatic rings. The molecule has 0 spiro atoms. The van der Waals surface area contributed by atoms with Gasteiger partial charge in [0.05, 0.1) is 18.2 Å². The Morgan fingerprint density at radius 3 is 2.72 bits per heavy atom. The van der Waals surface area contributed by atoms with Gasteiger partial charge in [0.2, 0.25) is 0 Å². The zero-order valence-corrected chi connectivity index (χ0v) is 11.6. The smallest absolute Gasteiger partial charge is 0.193 e. The van der Waals surface area contributed by atoms with Crippen molar-refractivity contribution < 1.29 is 4.74 Å². The van der Waals surface area contributed by atoms with Gasteiger partial charge in [-0.2, -0.15) is 0 Å². The molecule has 1 aromatic carbocycles. The summed E-state index contributed by atoms with van der Waals surface area (Å²) in [6, 6.07) is 5.73. The number of aliphatic imine (C=N–C) groups is 1. The molecule has 0 amide bonds. The predicted molar refractivity (Wildman–Crippen MR) is 75.4 cm³/mol. The van der Waals surface area contributed by atoms with Crippen molar-refractivity contribution in [3.8, 4) is 5.75 Å². The number of benzene rings is 1. The van der Waals surface area contributed by atoms with Gasteiger partial charge >= 0.3 is 0 Å². The van der Waals surface area contributed by atoms with Crippen molar-refractivity contribution in [2.24, 2.45) is 16.1 Å². The van der Waals surface area contributed by atoms with Crippen LogP contribution in [0.3, 0.4) is 0 Å². The Kier molecular flexibility index (Phi) is 3.39. The minimum atomic E-state index is 0.282. The van der Waals surface area contributed by atoms with Crippen molar-refractivity contribution in [1.29, 1.82) is 0 Å². The largest absolute Gasteiger partial charge is 0.495 e. The lowest BCUT2D eigenvalue weighted by atomic mass is 10.2. The van der Waals surface area contributed by atoms with Gasteiger partial charge in [0, 0.05) is 5.69 Å². The molecule has 1 aromatic rings. The van der Waals surface area contributed by atoms with Crippen LogP contribution in [0.5, 0.6) is 5.75 Å². The van der Waals surface area contributed by atoms with Crippen molar-refractivity contribution in [3.05, 3.63) is 23.2 Å². The van der Waals surface area contributed by atoms with Crippen LogP contribution in [0.4, 0.5) is 5.69 Å². The summed E-state index contributed by atoms with van der Waals surface area (Å²) in [5.74, 6) is 1.06. The first-order valence-corrected chi connectivity index (χ1v) is 6.24. The minimum absolute atomic E-state index is 0.282. The predicted octanol–water partition coefficient (Wildman–Crippen LogP) is 2.87. The van der Waals surface area contributed by atoms with E-state index >= 15 is 0 Å². The van der Waals surface area contributed by atoms with Gasteiger partial charge in [-0.1, -0.05) is 25.4 Å². The van der Waals surface area contributed by atoms with E-state index in [0.29, 0.717) is 22.8 Å². The summed E-state index contributed by atoms with van der Waals surface area (Å²) < 4.78 is 5.09.